The highest BCUT2D eigenvalue weighted by Crippen LogP contribution is 2.27. The van der Waals surface area contributed by atoms with Crippen molar-refractivity contribution >= 4 is 16.8 Å². The number of hydrogen-bond donors (Lipinski definition) is 6. The first-order valence-corrected chi connectivity index (χ1v) is 8.10. The van der Waals surface area contributed by atoms with Gasteiger partial charge in [-0.25, -0.2) is 0 Å². The Bertz CT molecular complexity index is 695. The molecule has 25 heavy (non-hydrogen) atoms. The molecule has 3 rings (SSSR count). The lowest BCUT2D eigenvalue weighted by Crippen LogP contribution is -2.46. The van der Waals surface area contributed by atoms with Gasteiger partial charge in [-0.05, 0) is 28.3 Å². The van der Waals surface area contributed by atoms with Crippen molar-refractivity contribution in [1.82, 2.24) is 0 Å². The first kappa shape index (κ1) is 19.5. The molecule has 1 aliphatic rings. The molecule has 0 aliphatic heterocycles. The second-order valence-corrected chi connectivity index (χ2v) is 5.95. The second-order valence-electron chi connectivity index (χ2n) is 5.95. The summed E-state index contributed by atoms with van der Waals surface area (Å²) in [5.74, 6) is 0. The molecular formula is C19H24O6. The summed E-state index contributed by atoms with van der Waals surface area (Å²) in [5.41, 5.74) is 2.81. The third-order valence-corrected chi connectivity index (χ3v) is 4.17. The highest BCUT2D eigenvalue weighted by molar-refractivity contribution is 5.94. The average molecular weight is 348 g/mol. The van der Waals surface area contributed by atoms with Gasteiger partial charge in [-0.3, -0.25) is 0 Å². The minimum absolute atomic E-state index is 0.726. The van der Waals surface area contributed by atoms with Crippen LogP contribution in [-0.4, -0.2) is 68.3 Å². The van der Waals surface area contributed by atoms with E-state index in [2.05, 4.69) is 48.6 Å². The van der Waals surface area contributed by atoms with E-state index in [4.69, 9.17) is 30.6 Å². The summed E-state index contributed by atoms with van der Waals surface area (Å²) in [6.45, 7) is -1.45. The van der Waals surface area contributed by atoms with Crippen LogP contribution in [0, 0.1) is 0 Å². The Morgan fingerprint density at radius 1 is 0.800 bits per heavy atom. The largest absolute Gasteiger partial charge is 0.394 e. The highest BCUT2D eigenvalue weighted by atomic mass is 16.4. The van der Waals surface area contributed by atoms with E-state index in [9.17, 15) is 0 Å². The quantitative estimate of drug-likeness (QED) is 0.446. The van der Waals surface area contributed by atoms with E-state index in [1.54, 1.807) is 0 Å². The van der Waals surface area contributed by atoms with Gasteiger partial charge in [-0.1, -0.05) is 48.6 Å². The van der Waals surface area contributed by atoms with Crippen molar-refractivity contribution < 1.29 is 30.6 Å². The smallest absolute Gasteiger partial charge is 0.111 e. The minimum atomic E-state index is -1.67. The Morgan fingerprint density at radius 2 is 1.36 bits per heavy atom. The molecule has 0 fully saturated rings. The summed E-state index contributed by atoms with van der Waals surface area (Å²) in [4.78, 5) is 0. The molecule has 0 spiro atoms. The number of rotatable bonds is 5. The van der Waals surface area contributed by atoms with Gasteiger partial charge in [-0.2, -0.15) is 0 Å². The molecule has 0 bridgehead atoms. The monoisotopic (exact) mass is 348 g/mol. The molecule has 0 saturated heterocycles. The van der Waals surface area contributed by atoms with Crippen LogP contribution in [-0.2, 0) is 6.42 Å². The van der Waals surface area contributed by atoms with Gasteiger partial charge in [0, 0.05) is 0 Å². The molecule has 0 amide bonds. The zero-order chi connectivity index (χ0) is 18.4. The van der Waals surface area contributed by atoms with Crippen molar-refractivity contribution in [3.63, 3.8) is 0 Å². The Hall–Kier alpha value is -1.80. The Labute approximate surface area is 145 Å². The lowest BCUT2D eigenvalue weighted by molar-refractivity contribution is -0.123. The first-order chi connectivity index (χ1) is 12.0. The Kier molecular flexibility index (Phi) is 7.07. The van der Waals surface area contributed by atoms with Crippen molar-refractivity contribution in [1.29, 1.82) is 0 Å². The molecule has 6 nitrogen and oxygen atoms in total. The van der Waals surface area contributed by atoms with Gasteiger partial charge in [0.1, 0.15) is 24.4 Å². The summed E-state index contributed by atoms with van der Waals surface area (Å²) < 4.78 is 0. The Balaban J connectivity index is 0.000000182. The Morgan fingerprint density at radius 3 is 1.92 bits per heavy atom. The molecule has 1 aliphatic carbocycles. The van der Waals surface area contributed by atoms with Gasteiger partial charge >= 0.3 is 0 Å². The van der Waals surface area contributed by atoms with Gasteiger partial charge in [0.05, 0.1) is 13.2 Å². The predicted molar refractivity (Wildman–Crippen MR) is 94.9 cm³/mol. The molecule has 0 saturated carbocycles. The van der Waals surface area contributed by atoms with Gasteiger partial charge in [0.15, 0.2) is 0 Å². The van der Waals surface area contributed by atoms with Crippen LogP contribution in [0.25, 0.3) is 16.8 Å². The summed E-state index contributed by atoms with van der Waals surface area (Å²) in [5, 5.41) is 55.0. The molecule has 4 atom stereocenters. The van der Waals surface area contributed by atoms with Crippen LogP contribution in [0.15, 0.2) is 42.5 Å². The minimum Gasteiger partial charge on any atom is -0.394 e. The van der Waals surface area contributed by atoms with Crippen molar-refractivity contribution in [2.45, 2.75) is 30.8 Å². The van der Waals surface area contributed by atoms with Crippen molar-refractivity contribution in [2.24, 2.45) is 0 Å². The van der Waals surface area contributed by atoms with Crippen LogP contribution in [0.1, 0.15) is 11.1 Å². The lowest BCUT2D eigenvalue weighted by Gasteiger charge is -2.24. The average Bonchev–Trinajstić information content (AvgIpc) is 2.67. The third kappa shape index (κ3) is 4.64. The van der Waals surface area contributed by atoms with Crippen LogP contribution in [0.3, 0.4) is 0 Å². The normalized spacial score (nSPS) is 17.4. The SMILES string of the molecule is C1=Cc2cccc3cccc(c23)C1.OCC(O)C(O)C(O)C(O)CO. The molecule has 4 unspecified atom stereocenters. The number of allylic oxidation sites excluding steroid dienone is 1. The van der Waals surface area contributed by atoms with Crippen LogP contribution < -0.4 is 0 Å². The maximum atomic E-state index is 8.96. The van der Waals surface area contributed by atoms with Crippen molar-refractivity contribution in [3.8, 4) is 0 Å². The van der Waals surface area contributed by atoms with E-state index in [1.165, 1.54) is 21.9 Å². The van der Waals surface area contributed by atoms with Crippen molar-refractivity contribution in [2.75, 3.05) is 13.2 Å². The molecule has 6 heteroatoms. The number of aliphatic hydroxyl groups is 6. The summed E-state index contributed by atoms with van der Waals surface area (Å²) >= 11 is 0. The van der Waals surface area contributed by atoms with E-state index in [0.29, 0.717) is 0 Å². The van der Waals surface area contributed by atoms with Crippen molar-refractivity contribution in [3.05, 3.63) is 53.6 Å². The predicted octanol–water partition coefficient (Wildman–Crippen LogP) is -0.176. The lowest BCUT2D eigenvalue weighted by atomic mass is 9.93. The molecule has 2 aromatic rings. The van der Waals surface area contributed by atoms with Gasteiger partial charge in [0.25, 0.3) is 0 Å². The fourth-order valence-corrected chi connectivity index (χ4v) is 2.74. The summed E-state index contributed by atoms with van der Waals surface area (Å²) in [6, 6.07) is 13.0. The molecule has 2 aromatic carbocycles. The van der Waals surface area contributed by atoms with E-state index in [-0.39, 0.29) is 0 Å². The molecule has 136 valence electrons. The highest BCUT2D eigenvalue weighted by Gasteiger charge is 2.29. The topological polar surface area (TPSA) is 121 Å². The second kappa shape index (κ2) is 9.05. The standard InChI is InChI=1S/C13H10.C6H14O6/c1-4-10-6-2-8-12-9-3-7-11(5-1)13(10)12;7-1-3(9)5(11)6(12)4(10)2-8/h1-8H,9H2;3-12H,1-2H2. The fourth-order valence-electron chi connectivity index (χ4n) is 2.74. The number of hydrogen-bond acceptors (Lipinski definition) is 6. The summed E-state index contributed by atoms with van der Waals surface area (Å²) in [7, 11) is 0. The molecule has 6 N–H and O–H groups in total. The van der Waals surface area contributed by atoms with Crippen LogP contribution >= 0.6 is 0 Å². The maximum Gasteiger partial charge on any atom is 0.111 e. The van der Waals surface area contributed by atoms with E-state index < -0.39 is 37.6 Å². The zero-order valence-corrected chi connectivity index (χ0v) is 13.7. The third-order valence-electron chi connectivity index (χ3n) is 4.17. The van der Waals surface area contributed by atoms with Crippen LogP contribution in [0.4, 0.5) is 0 Å². The van der Waals surface area contributed by atoms with Gasteiger partial charge in [0.2, 0.25) is 0 Å². The van der Waals surface area contributed by atoms with Crippen LogP contribution in [0.5, 0.6) is 0 Å². The van der Waals surface area contributed by atoms with E-state index in [1.807, 2.05) is 0 Å². The molecule has 0 heterocycles. The fraction of sp³-hybridized carbons (Fsp3) is 0.368. The van der Waals surface area contributed by atoms with Gasteiger partial charge in [-0.15, -0.1) is 0 Å². The molecular weight excluding hydrogens is 324 g/mol. The van der Waals surface area contributed by atoms with Crippen LogP contribution in [0.2, 0.25) is 0 Å². The van der Waals surface area contributed by atoms with Gasteiger partial charge < -0.3 is 30.6 Å². The van der Waals surface area contributed by atoms with E-state index >= 15 is 0 Å². The first-order valence-electron chi connectivity index (χ1n) is 8.10. The van der Waals surface area contributed by atoms with E-state index in [0.717, 1.165) is 6.42 Å². The number of benzene rings is 2. The number of aliphatic hydroxyl groups excluding tert-OH is 6. The maximum absolute atomic E-state index is 8.96. The zero-order valence-electron chi connectivity index (χ0n) is 13.7. The molecule has 0 radical (unpaired) electrons. The summed E-state index contributed by atoms with van der Waals surface area (Å²) in [6.07, 6.45) is -0.863. The molecule has 0 aromatic heterocycles.